The molecule has 0 aliphatic heterocycles. The molecule has 0 heterocycles. The van der Waals surface area contributed by atoms with E-state index < -0.39 is 5.97 Å². The zero-order chi connectivity index (χ0) is 15.5. The van der Waals surface area contributed by atoms with Gasteiger partial charge < -0.3 is 19.9 Å². The largest absolute Gasteiger partial charge is 0.481 e. The van der Waals surface area contributed by atoms with Crippen LogP contribution < -0.4 is 5.32 Å². The Balaban J connectivity index is 0. The summed E-state index contributed by atoms with van der Waals surface area (Å²) in [6.07, 6.45) is 7.25. The molecule has 0 saturated carbocycles. The molecule has 0 aliphatic carbocycles. The zero-order valence-electron chi connectivity index (χ0n) is 13.5. The molecule has 5 heteroatoms. The van der Waals surface area contributed by atoms with Gasteiger partial charge >= 0.3 is 5.97 Å². The summed E-state index contributed by atoms with van der Waals surface area (Å²) in [6, 6.07) is 0. The van der Waals surface area contributed by atoms with Crippen molar-refractivity contribution >= 4 is 5.97 Å². The van der Waals surface area contributed by atoms with Gasteiger partial charge in [0, 0.05) is 33.7 Å². The molecule has 5 nitrogen and oxygen atoms in total. The monoisotopic (exact) mass is 291 g/mol. The van der Waals surface area contributed by atoms with Crippen LogP contribution in [-0.2, 0) is 14.3 Å². The van der Waals surface area contributed by atoms with Crippen molar-refractivity contribution in [3.8, 4) is 0 Å². The Morgan fingerprint density at radius 2 is 1.45 bits per heavy atom. The van der Waals surface area contributed by atoms with Gasteiger partial charge in [-0.2, -0.15) is 0 Å². The smallest absolute Gasteiger partial charge is 0.303 e. The van der Waals surface area contributed by atoms with Gasteiger partial charge in [-0.15, -0.1) is 0 Å². The summed E-state index contributed by atoms with van der Waals surface area (Å²) in [5.41, 5.74) is 0. The average molecular weight is 291 g/mol. The summed E-state index contributed by atoms with van der Waals surface area (Å²) in [5.74, 6) is -0.666. The number of carboxylic acid groups (broad SMARTS) is 1. The van der Waals surface area contributed by atoms with Crippen molar-refractivity contribution in [1.82, 2.24) is 5.32 Å². The highest BCUT2D eigenvalue weighted by Crippen LogP contribution is 2.06. The van der Waals surface area contributed by atoms with Crippen molar-refractivity contribution in [2.75, 3.05) is 40.5 Å². The number of methoxy groups -OCH3 is 2. The van der Waals surface area contributed by atoms with Crippen LogP contribution >= 0.6 is 0 Å². The first kappa shape index (κ1) is 21.6. The Hall–Kier alpha value is -0.650. The van der Waals surface area contributed by atoms with E-state index in [-0.39, 0.29) is 0 Å². The van der Waals surface area contributed by atoms with Crippen LogP contribution in [0, 0.1) is 0 Å². The van der Waals surface area contributed by atoms with Gasteiger partial charge in [-0.05, 0) is 6.42 Å². The Bertz CT molecular complexity index is 183. The number of aliphatic carboxylic acids is 1. The molecule has 122 valence electrons. The lowest BCUT2D eigenvalue weighted by Gasteiger charge is -2.01. The van der Waals surface area contributed by atoms with Crippen molar-refractivity contribution in [1.29, 1.82) is 0 Å². The minimum absolute atomic E-state index is 0.339. The Kier molecular flexibility index (Phi) is 22.4. The van der Waals surface area contributed by atoms with Crippen molar-refractivity contribution in [2.45, 2.75) is 51.9 Å². The fourth-order valence-corrected chi connectivity index (χ4v) is 1.53. The van der Waals surface area contributed by atoms with Crippen LogP contribution in [0.5, 0.6) is 0 Å². The number of hydrogen-bond acceptors (Lipinski definition) is 4. The maximum absolute atomic E-state index is 10.1. The first-order valence-electron chi connectivity index (χ1n) is 7.59. The second kappa shape index (κ2) is 20.7. The van der Waals surface area contributed by atoms with Gasteiger partial charge in [0.25, 0.3) is 0 Å². The molecule has 0 radical (unpaired) electrons. The Labute approximate surface area is 124 Å². The van der Waals surface area contributed by atoms with Crippen LogP contribution in [0.3, 0.4) is 0 Å². The molecule has 0 aliphatic rings. The number of nitrogens with one attached hydrogen (secondary N) is 1. The number of carboxylic acids is 1. The number of carbonyl (C=O) groups is 1. The summed E-state index contributed by atoms with van der Waals surface area (Å²) < 4.78 is 9.64. The van der Waals surface area contributed by atoms with E-state index in [2.05, 4.69) is 12.2 Å². The number of unbranched alkanes of at least 4 members (excludes halogenated alkanes) is 5. The molecule has 0 fully saturated rings. The number of hydrogen-bond donors (Lipinski definition) is 2. The van der Waals surface area contributed by atoms with E-state index in [9.17, 15) is 4.79 Å². The Morgan fingerprint density at radius 3 is 1.90 bits per heavy atom. The van der Waals surface area contributed by atoms with Gasteiger partial charge in [-0.1, -0.05) is 39.0 Å². The summed E-state index contributed by atoms with van der Waals surface area (Å²) in [4.78, 5) is 10.1. The number of rotatable bonds is 13. The first-order valence-corrected chi connectivity index (χ1v) is 7.59. The lowest BCUT2D eigenvalue weighted by molar-refractivity contribution is -0.137. The molecule has 0 rings (SSSR count). The summed E-state index contributed by atoms with van der Waals surface area (Å²) in [7, 11) is 3.38. The summed E-state index contributed by atoms with van der Waals surface area (Å²) in [5, 5.41) is 11.5. The van der Waals surface area contributed by atoms with Crippen LogP contribution in [0.1, 0.15) is 51.9 Å². The van der Waals surface area contributed by atoms with Gasteiger partial charge in [0.1, 0.15) is 0 Å². The lowest BCUT2D eigenvalue weighted by Crippen LogP contribution is -2.23. The van der Waals surface area contributed by atoms with E-state index in [1.807, 2.05) is 0 Å². The van der Waals surface area contributed by atoms with E-state index in [1.165, 1.54) is 25.7 Å². The van der Waals surface area contributed by atoms with Crippen LogP contribution in [0.2, 0.25) is 0 Å². The van der Waals surface area contributed by atoms with E-state index in [1.54, 1.807) is 14.2 Å². The molecule has 0 atom stereocenters. The molecule has 0 aromatic rings. The second-order valence-corrected chi connectivity index (χ2v) is 4.65. The van der Waals surface area contributed by atoms with Crippen LogP contribution in [0.4, 0.5) is 0 Å². The van der Waals surface area contributed by atoms with E-state index in [0.29, 0.717) is 6.42 Å². The maximum atomic E-state index is 10.1. The van der Waals surface area contributed by atoms with Crippen molar-refractivity contribution < 1.29 is 19.4 Å². The second-order valence-electron chi connectivity index (χ2n) is 4.65. The molecule has 0 amide bonds. The molecule has 0 unspecified atom stereocenters. The average Bonchev–Trinajstić information content (AvgIpc) is 2.43. The fourth-order valence-electron chi connectivity index (χ4n) is 1.53. The van der Waals surface area contributed by atoms with Crippen molar-refractivity contribution in [3.05, 3.63) is 0 Å². The molecule has 0 aromatic carbocycles. The summed E-state index contributed by atoms with van der Waals surface area (Å²) in [6.45, 7) is 5.52. The van der Waals surface area contributed by atoms with Gasteiger partial charge in [0.2, 0.25) is 0 Å². The highest BCUT2D eigenvalue weighted by Gasteiger charge is 1.95. The first-order chi connectivity index (χ1) is 9.68. The Morgan fingerprint density at radius 1 is 0.950 bits per heavy atom. The van der Waals surface area contributed by atoms with Crippen LogP contribution in [0.25, 0.3) is 0 Å². The van der Waals surface area contributed by atoms with E-state index >= 15 is 0 Å². The maximum Gasteiger partial charge on any atom is 0.303 e. The summed E-state index contributed by atoms with van der Waals surface area (Å²) >= 11 is 0. The van der Waals surface area contributed by atoms with E-state index in [4.69, 9.17) is 14.6 Å². The third-order valence-electron chi connectivity index (χ3n) is 2.71. The van der Waals surface area contributed by atoms with Crippen LogP contribution in [0.15, 0.2) is 0 Å². The van der Waals surface area contributed by atoms with Gasteiger partial charge in [-0.25, -0.2) is 0 Å². The highest BCUT2D eigenvalue weighted by atomic mass is 16.5. The predicted octanol–water partition coefficient (Wildman–Crippen LogP) is 2.69. The van der Waals surface area contributed by atoms with Gasteiger partial charge in [0.05, 0.1) is 13.2 Å². The quantitative estimate of drug-likeness (QED) is 0.511. The molecular formula is C15H33NO4. The topological polar surface area (TPSA) is 67.8 Å². The molecular weight excluding hydrogens is 258 g/mol. The minimum atomic E-state index is -0.666. The van der Waals surface area contributed by atoms with Crippen LogP contribution in [-0.4, -0.2) is 51.6 Å². The molecule has 0 bridgehead atoms. The molecule has 2 N–H and O–H groups in total. The SMILES string of the molecule is CCCCCCCCC(=O)O.COCCNCCOC. The normalized spacial score (nSPS) is 9.95. The van der Waals surface area contributed by atoms with Gasteiger partial charge in [-0.3, -0.25) is 4.79 Å². The molecule has 0 saturated heterocycles. The molecule has 0 aromatic heterocycles. The predicted molar refractivity (Wildman–Crippen MR) is 82.3 cm³/mol. The zero-order valence-corrected chi connectivity index (χ0v) is 13.5. The highest BCUT2D eigenvalue weighted by molar-refractivity contribution is 5.66. The third kappa shape index (κ3) is 26.0. The van der Waals surface area contributed by atoms with Gasteiger partial charge in [0.15, 0.2) is 0 Å². The standard InChI is InChI=1S/C9H18O2.C6H15NO2/c1-2-3-4-5-6-7-8-9(10)11;1-8-5-3-7-4-6-9-2/h2-8H2,1H3,(H,10,11);7H,3-6H2,1-2H3. The van der Waals surface area contributed by atoms with Crippen molar-refractivity contribution in [3.63, 3.8) is 0 Å². The van der Waals surface area contributed by atoms with E-state index in [0.717, 1.165) is 39.1 Å². The number of ether oxygens (including phenoxy) is 2. The fraction of sp³-hybridized carbons (Fsp3) is 0.933. The lowest BCUT2D eigenvalue weighted by atomic mass is 10.1. The third-order valence-corrected chi connectivity index (χ3v) is 2.71. The molecule has 0 spiro atoms. The van der Waals surface area contributed by atoms with Crippen molar-refractivity contribution in [2.24, 2.45) is 0 Å². The molecule has 20 heavy (non-hydrogen) atoms. The minimum Gasteiger partial charge on any atom is -0.481 e.